The van der Waals surface area contributed by atoms with Crippen molar-refractivity contribution >= 4 is 5.91 Å². The third-order valence-corrected chi connectivity index (χ3v) is 6.29. The van der Waals surface area contributed by atoms with Crippen LogP contribution in [0.15, 0.2) is 60.7 Å². The van der Waals surface area contributed by atoms with Crippen molar-refractivity contribution < 1.29 is 14.3 Å². The van der Waals surface area contributed by atoms with Crippen molar-refractivity contribution in [3.63, 3.8) is 0 Å². The Morgan fingerprint density at radius 1 is 0.933 bits per heavy atom. The first kappa shape index (κ1) is 21.0. The summed E-state index contributed by atoms with van der Waals surface area (Å²) in [4.78, 5) is 15.2. The molecule has 1 unspecified atom stereocenters. The molecule has 2 aromatic carbocycles. The highest BCUT2D eigenvalue weighted by atomic mass is 16.5. The lowest BCUT2D eigenvalue weighted by Crippen LogP contribution is -2.41. The van der Waals surface area contributed by atoms with Crippen LogP contribution in [0, 0.1) is 0 Å². The van der Waals surface area contributed by atoms with E-state index in [1.807, 2.05) is 36.4 Å². The molecule has 0 aromatic heterocycles. The van der Waals surface area contributed by atoms with E-state index in [1.54, 1.807) is 0 Å². The summed E-state index contributed by atoms with van der Waals surface area (Å²) in [6.07, 6.45) is 3.67. The number of rotatable bonds is 6. The molecule has 2 heterocycles. The van der Waals surface area contributed by atoms with E-state index in [4.69, 9.17) is 9.47 Å². The van der Waals surface area contributed by atoms with Crippen LogP contribution in [-0.4, -0.2) is 55.9 Å². The molecular formula is C25H32N2O3. The lowest BCUT2D eigenvalue weighted by molar-refractivity contribution is -0.123. The number of carbonyl (C=O) groups excluding carboxylic acids is 1. The van der Waals surface area contributed by atoms with Crippen LogP contribution < -0.4 is 5.32 Å². The van der Waals surface area contributed by atoms with Crippen LogP contribution in [0.1, 0.15) is 36.4 Å². The van der Waals surface area contributed by atoms with Crippen molar-refractivity contribution in [3.8, 4) is 0 Å². The average molecular weight is 409 g/mol. The number of benzene rings is 2. The minimum absolute atomic E-state index is 0.0360. The molecule has 0 bridgehead atoms. The van der Waals surface area contributed by atoms with Gasteiger partial charge in [0.25, 0.3) is 0 Å². The molecule has 1 amide bonds. The predicted octanol–water partition coefficient (Wildman–Crippen LogP) is 3.36. The molecule has 0 saturated carbocycles. The molecule has 1 N–H and O–H groups in total. The fraction of sp³-hybridized carbons (Fsp3) is 0.480. The highest BCUT2D eigenvalue weighted by molar-refractivity contribution is 5.78. The van der Waals surface area contributed by atoms with Gasteiger partial charge in [-0.1, -0.05) is 60.7 Å². The molecule has 160 valence electrons. The van der Waals surface area contributed by atoms with E-state index in [9.17, 15) is 4.79 Å². The molecule has 2 fully saturated rings. The van der Waals surface area contributed by atoms with Gasteiger partial charge in [0.1, 0.15) is 0 Å². The molecule has 0 aliphatic carbocycles. The normalized spacial score (nSPS) is 20.4. The van der Waals surface area contributed by atoms with E-state index in [-0.39, 0.29) is 17.6 Å². The van der Waals surface area contributed by atoms with Gasteiger partial charge in [-0.15, -0.1) is 0 Å². The van der Waals surface area contributed by atoms with Gasteiger partial charge in [0.2, 0.25) is 5.91 Å². The van der Waals surface area contributed by atoms with E-state index < -0.39 is 0 Å². The SMILES string of the molecule is O=C(CN1CCOC2(CCOCC2)CC1)NC(Cc1ccccc1)c1ccccc1. The van der Waals surface area contributed by atoms with Crippen molar-refractivity contribution in [1.82, 2.24) is 10.2 Å². The fourth-order valence-electron chi connectivity index (χ4n) is 4.46. The lowest BCUT2D eigenvalue weighted by atomic mass is 9.90. The molecule has 4 rings (SSSR count). The van der Waals surface area contributed by atoms with E-state index >= 15 is 0 Å². The van der Waals surface area contributed by atoms with Gasteiger partial charge in [-0.25, -0.2) is 0 Å². The summed E-state index contributed by atoms with van der Waals surface area (Å²) >= 11 is 0. The number of nitrogens with one attached hydrogen (secondary N) is 1. The van der Waals surface area contributed by atoms with Gasteiger partial charge in [0.15, 0.2) is 0 Å². The number of hydrogen-bond donors (Lipinski definition) is 1. The quantitative estimate of drug-likeness (QED) is 0.796. The average Bonchev–Trinajstić information content (AvgIpc) is 2.97. The summed E-state index contributed by atoms with van der Waals surface area (Å²) in [5.41, 5.74) is 2.30. The molecule has 1 spiro atoms. The minimum atomic E-state index is -0.0522. The Labute approximate surface area is 179 Å². The van der Waals surface area contributed by atoms with Crippen molar-refractivity contribution in [3.05, 3.63) is 71.8 Å². The Balaban J connectivity index is 1.36. The van der Waals surface area contributed by atoms with Crippen molar-refractivity contribution in [2.24, 2.45) is 0 Å². The molecule has 2 aliphatic rings. The zero-order chi connectivity index (χ0) is 20.7. The lowest BCUT2D eigenvalue weighted by Gasteiger charge is -2.35. The summed E-state index contributed by atoms with van der Waals surface area (Å²) < 4.78 is 11.7. The monoisotopic (exact) mass is 408 g/mol. The molecule has 5 nitrogen and oxygen atoms in total. The predicted molar refractivity (Wildman–Crippen MR) is 117 cm³/mol. The summed E-state index contributed by atoms with van der Waals surface area (Å²) in [5.74, 6) is 0.0720. The number of hydrogen-bond acceptors (Lipinski definition) is 4. The highest BCUT2D eigenvalue weighted by Crippen LogP contribution is 2.30. The molecule has 5 heteroatoms. The Morgan fingerprint density at radius 2 is 1.63 bits per heavy atom. The van der Waals surface area contributed by atoms with Gasteiger partial charge in [0.05, 0.1) is 24.8 Å². The molecule has 1 atom stereocenters. The van der Waals surface area contributed by atoms with E-state index in [2.05, 4.69) is 34.5 Å². The Kier molecular flexibility index (Phi) is 7.16. The Bertz CT molecular complexity index is 791. The standard InChI is InChI=1S/C25H32N2O3/c28-24(20-27-14-11-25(30-18-15-27)12-16-29-17-13-25)26-23(22-9-5-2-6-10-22)19-21-7-3-1-4-8-21/h1-10,23H,11-20H2,(H,26,28). The molecule has 2 aliphatic heterocycles. The van der Waals surface area contributed by atoms with Gasteiger partial charge in [-0.05, 0) is 36.8 Å². The van der Waals surface area contributed by atoms with Crippen LogP contribution in [0.4, 0.5) is 0 Å². The number of amides is 1. The first-order chi connectivity index (χ1) is 14.7. The summed E-state index contributed by atoms with van der Waals surface area (Å²) in [6.45, 7) is 4.33. The second-order valence-electron chi connectivity index (χ2n) is 8.39. The third-order valence-electron chi connectivity index (χ3n) is 6.29. The van der Waals surface area contributed by atoms with Gasteiger partial charge in [0, 0.05) is 26.3 Å². The molecule has 2 saturated heterocycles. The fourth-order valence-corrected chi connectivity index (χ4v) is 4.46. The highest BCUT2D eigenvalue weighted by Gasteiger charge is 2.35. The molecule has 30 heavy (non-hydrogen) atoms. The molecule has 0 radical (unpaired) electrons. The van der Waals surface area contributed by atoms with Crippen LogP contribution in [0.3, 0.4) is 0 Å². The Hall–Kier alpha value is -2.21. The van der Waals surface area contributed by atoms with Crippen molar-refractivity contribution in [1.29, 1.82) is 0 Å². The third kappa shape index (κ3) is 5.69. The van der Waals surface area contributed by atoms with Crippen LogP contribution in [-0.2, 0) is 20.7 Å². The van der Waals surface area contributed by atoms with E-state index in [0.717, 1.165) is 57.6 Å². The molecule has 2 aromatic rings. The van der Waals surface area contributed by atoms with Gasteiger partial charge in [-0.3, -0.25) is 9.69 Å². The van der Waals surface area contributed by atoms with Crippen molar-refractivity contribution in [2.75, 3.05) is 39.5 Å². The smallest absolute Gasteiger partial charge is 0.234 e. The van der Waals surface area contributed by atoms with Crippen LogP contribution in [0.5, 0.6) is 0 Å². The summed E-state index contributed by atoms with van der Waals surface area (Å²) in [7, 11) is 0. The first-order valence-electron chi connectivity index (χ1n) is 11.0. The minimum Gasteiger partial charge on any atom is -0.381 e. The summed E-state index contributed by atoms with van der Waals surface area (Å²) in [5, 5.41) is 3.28. The van der Waals surface area contributed by atoms with Crippen LogP contribution in [0.2, 0.25) is 0 Å². The van der Waals surface area contributed by atoms with Gasteiger partial charge >= 0.3 is 0 Å². The summed E-state index contributed by atoms with van der Waals surface area (Å²) in [6, 6.07) is 20.5. The zero-order valence-electron chi connectivity index (χ0n) is 17.6. The second-order valence-corrected chi connectivity index (χ2v) is 8.39. The van der Waals surface area contributed by atoms with E-state index in [1.165, 1.54) is 5.56 Å². The Morgan fingerprint density at radius 3 is 2.37 bits per heavy atom. The largest absolute Gasteiger partial charge is 0.381 e. The second kappa shape index (κ2) is 10.2. The number of ether oxygens (including phenoxy) is 2. The maximum Gasteiger partial charge on any atom is 0.234 e. The topological polar surface area (TPSA) is 50.8 Å². The number of carbonyl (C=O) groups is 1. The maximum absolute atomic E-state index is 13.0. The van der Waals surface area contributed by atoms with Gasteiger partial charge in [-0.2, -0.15) is 0 Å². The van der Waals surface area contributed by atoms with Gasteiger partial charge < -0.3 is 14.8 Å². The molecular weight excluding hydrogens is 376 g/mol. The van der Waals surface area contributed by atoms with Crippen LogP contribution >= 0.6 is 0 Å². The maximum atomic E-state index is 13.0. The van der Waals surface area contributed by atoms with Crippen LogP contribution in [0.25, 0.3) is 0 Å². The van der Waals surface area contributed by atoms with Crippen molar-refractivity contribution in [2.45, 2.75) is 37.3 Å². The zero-order valence-corrected chi connectivity index (χ0v) is 17.6. The first-order valence-corrected chi connectivity index (χ1v) is 11.0. The van der Waals surface area contributed by atoms with E-state index in [0.29, 0.717) is 13.2 Å². The number of nitrogens with zero attached hydrogens (tertiary/aromatic N) is 1.